The van der Waals surface area contributed by atoms with Crippen LogP contribution in [0, 0.1) is 5.92 Å². The van der Waals surface area contributed by atoms with Gasteiger partial charge in [-0.3, -0.25) is 4.98 Å². The van der Waals surface area contributed by atoms with E-state index in [-0.39, 0.29) is 6.61 Å². The van der Waals surface area contributed by atoms with Gasteiger partial charge in [-0.05, 0) is 54.7 Å². The zero-order valence-electron chi connectivity index (χ0n) is 15.6. The molecule has 1 aromatic carbocycles. The van der Waals surface area contributed by atoms with Gasteiger partial charge in [0.15, 0.2) is 5.65 Å². The maximum Gasteiger partial charge on any atom is 0.180 e. The Labute approximate surface area is 162 Å². The van der Waals surface area contributed by atoms with Crippen molar-refractivity contribution in [2.75, 3.05) is 24.6 Å². The van der Waals surface area contributed by atoms with E-state index in [1.165, 1.54) is 0 Å². The van der Waals surface area contributed by atoms with Gasteiger partial charge in [0.1, 0.15) is 11.3 Å². The molecule has 0 amide bonds. The number of aliphatic hydroxyl groups is 1. The highest BCUT2D eigenvalue weighted by Crippen LogP contribution is 2.23. The van der Waals surface area contributed by atoms with Gasteiger partial charge in [-0.1, -0.05) is 17.3 Å². The van der Waals surface area contributed by atoms with E-state index in [0.717, 1.165) is 59.4 Å². The van der Waals surface area contributed by atoms with E-state index in [2.05, 4.69) is 38.4 Å². The second kappa shape index (κ2) is 7.16. The number of aliphatic hydroxyl groups excluding tert-OH is 1. The van der Waals surface area contributed by atoms with Crippen LogP contribution in [-0.4, -0.2) is 49.8 Å². The van der Waals surface area contributed by atoms with Gasteiger partial charge in [-0.25, -0.2) is 9.67 Å². The molecule has 1 saturated heterocycles. The molecule has 0 bridgehead atoms. The Balaban J connectivity index is 1.43. The molecule has 4 aromatic rings. The van der Waals surface area contributed by atoms with Crippen LogP contribution < -0.4 is 4.90 Å². The summed E-state index contributed by atoms with van der Waals surface area (Å²) >= 11 is 0. The number of piperidine rings is 1. The number of anilines is 1. The molecule has 7 nitrogen and oxygen atoms in total. The fourth-order valence-corrected chi connectivity index (χ4v) is 3.87. The smallest absolute Gasteiger partial charge is 0.180 e. The number of fused-ring (bicyclic) bond motifs is 2. The van der Waals surface area contributed by atoms with Gasteiger partial charge in [0.25, 0.3) is 0 Å². The Kier molecular flexibility index (Phi) is 4.37. The van der Waals surface area contributed by atoms with Crippen molar-refractivity contribution in [3.05, 3.63) is 54.2 Å². The first-order valence-electron chi connectivity index (χ1n) is 9.70. The Morgan fingerprint density at radius 3 is 2.75 bits per heavy atom. The molecule has 0 atom stereocenters. The quantitative estimate of drug-likeness (QED) is 0.591. The van der Waals surface area contributed by atoms with Gasteiger partial charge in [0.2, 0.25) is 0 Å². The average molecular weight is 374 g/mol. The summed E-state index contributed by atoms with van der Waals surface area (Å²) in [5, 5.41) is 19.1. The zero-order chi connectivity index (χ0) is 18.9. The topological polar surface area (TPSA) is 80.0 Å². The molecule has 0 aliphatic carbocycles. The van der Waals surface area contributed by atoms with Crippen molar-refractivity contribution in [2.24, 2.45) is 5.92 Å². The van der Waals surface area contributed by atoms with E-state index in [9.17, 15) is 5.11 Å². The molecule has 28 heavy (non-hydrogen) atoms. The van der Waals surface area contributed by atoms with E-state index >= 15 is 0 Å². The standard InChI is InChI=1S/C21H22N6O/c28-14-15-7-10-26(11-8-15)20-6-5-19-21(23-20)27(25-24-19)13-16-3-4-18-17(12-16)2-1-9-22-18/h1-6,9,12,15,28H,7-8,10-11,13-14H2. The molecule has 5 rings (SSSR count). The molecule has 1 fully saturated rings. The molecule has 0 unspecified atom stereocenters. The number of pyridine rings is 2. The Hall–Kier alpha value is -3.06. The van der Waals surface area contributed by atoms with Gasteiger partial charge >= 0.3 is 0 Å². The summed E-state index contributed by atoms with van der Waals surface area (Å²) in [4.78, 5) is 11.5. The van der Waals surface area contributed by atoms with Crippen molar-refractivity contribution in [1.82, 2.24) is 25.0 Å². The van der Waals surface area contributed by atoms with E-state index in [1.807, 2.05) is 35.1 Å². The predicted molar refractivity (Wildman–Crippen MR) is 108 cm³/mol. The molecular formula is C21H22N6O. The third-order valence-electron chi connectivity index (χ3n) is 5.54. The lowest BCUT2D eigenvalue weighted by molar-refractivity contribution is 0.203. The summed E-state index contributed by atoms with van der Waals surface area (Å²) in [7, 11) is 0. The highest BCUT2D eigenvalue weighted by molar-refractivity contribution is 5.79. The van der Waals surface area contributed by atoms with E-state index < -0.39 is 0 Å². The van der Waals surface area contributed by atoms with Crippen LogP contribution in [0.15, 0.2) is 48.7 Å². The maximum absolute atomic E-state index is 9.35. The van der Waals surface area contributed by atoms with E-state index in [4.69, 9.17) is 4.98 Å². The molecule has 0 radical (unpaired) electrons. The number of hydrogen-bond acceptors (Lipinski definition) is 6. The monoisotopic (exact) mass is 374 g/mol. The maximum atomic E-state index is 9.35. The van der Waals surface area contributed by atoms with Crippen molar-refractivity contribution >= 4 is 27.9 Å². The minimum absolute atomic E-state index is 0.276. The van der Waals surface area contributed by atoms with Crippen LogP contribution in [0.2, 0.25) is 0 Å². The Morgan fingerprint density at radius 2 is 1.89 bits per heavy atom. The number of rotatable bonds is 4. The van der Waals surface area contributed by atoms with Gasteiger partial charge in [0, 0.05) is 31.3 Å². The third kappa shape index (κ3) is 3.18. The molecule has 1 aliphatic heterocycles. The lowest BCUT2D eigenvalue weighted by Gasteiger charge is -2.31. The first kappa shape index (κ1) is 17.1. The van der Waals surface area contributed by atoms with E-state index in [0.29, 0.717) is 12.5 Å². The summed E-state index contributed by atoms with van der Waals surface area (Å²) in [6.45, 7) is 2.73. The molecule has 142 valence electrons. The summed E-state index contributed by atoms with van der Waals surface area (Å²) < 4.78 is 1.86. The van der Waals surface area contributed by atoms with Crippen molar-refractivity contribution in [1.29, 1.82) is 0 Å². The number of nitrogens with zero attached hydrogens (tertiary/aromatic N) is 6. The third-order valence-corrected chi connectivity index (χ3v) is 5.54. The van der Waals surface area contributed by atoms with Gasteiger partial charge < -0.3 is 10.0 Å². The molecule has 1 N–H and O–H groups in total. The van der Waals surface area contributed by atoms with Crippen LogP contribution in [0.25, 0.3) is 22.1 Å². The normalized spacial score (nSPS) is 15.5. The summed E-state index contributed by atoms with van der Waals surface area (Å²) in [6.07, 6.45) is 3.81. The van der Waals surface area contributed by atoms with Crippen LogP contribution in [-0.2, 0) is 6.54 Å². The highest BCUT2D eigenvalue weighted by atomic mass is 16.3. The second-order valence-electron chi connectivity index (χ2n) is 7.40. The average Bonchev–Trinajstić information content (AvgIpc) is 3.16. The second-order valence-corrected chi connectivity index (χ2v) is 7.40. The van der Waals surface area contributed by atoms with Crippen molar-refractivity contribution in [3.8, 4) is 0 Å². The Morgan fingerprint density at radius 1 is 1.04 bits per heavy atom. The van der Waals surface area contributed by atoms with Crippen LogP contribution in [0.5, 0.6) is 0 Å². The van der Waals surface area contributed by atoms with Crippen LogP contribution in [0.3, 0.4) is 0 Å². The molecule has 1 aliphatic rings. The summed E-state index contributed by atoms with van der Waals surface area (Å²) in [6, 6.07) is 14.3. The SMILES string of the molecule is OCC1CCN(c2ccc3nnn(Cc4ccc5ncccc5c4)c3n2)CC1. The van der Waals surface area contributed by atoms with Crippen LogP contribution in [0.1, 0.15) is 18.4 Å². The van der Waals surface area contributed by atoms with Crippen LogP contribution in [0.4, 0.5) is 5.82 Å². The largest absolute Gasteiger partial charge is 0.396 e. The van der Waals surface area contributed by atoms with Crippen LogP contribution >= 0.6 is 0 Å². The van der Waals surface area contributed by atoms with E-state index in [1.54, 1.807) is 0 Å². The minimum atomic E-state index is 0.276. The number of benzene rings is 1. The lowest BCUT2D eigenvalue weighted by atomic mass is 9.98. The summed E-state index contributed by atoms with van der Waals surface area (Å²) in [5.41, 5.74) is 3.73. The predicted octanol–water partition coefficient (Wildman–Crippen LogP) is 2.63. The van der Waals surface area contributed by atoms with Gasteiger partial charge in [-0.2, -0.15) is 0 Å². The van der Waals surface area contributed by atoms with Crippen molar-refractivity contribution in [3.63, 3.8) is 0 Å². The first-order chi connectivity index (χ1) is 13.8. The Bertz CT molecular complexity index is 1120. The zero-order valence-corrected chi connectivity index (χ0v) is 15.6. The van der Waals surface area contributed by atoms with Crippen molar-refractivity contribution in [2.45, 2.75) is 19.4 Å². The molecule has 3 aromatic heterocycles. The molecular weight excluding hydrogens is 352 g/mol. The molecule has 0 saturated carbocycles. The lowest BCUT2D eigenvalue weighted by Crippen LogP contribution is -2.35. The molecule has 0 spiro atoms. The first-order valence-corrected chi connectivity index (χ1v) is 9.70. The number of aromatic nitrogens is 5. The molecule has 7 heteroatoms. The fraction of sp³-hybridized carbons (Fsp3) is 0.333. The van der Waals surface area contributed by atoms with Gasteiger partial charge in [-0.15, -0.1) is 5.10 Å². The van der Waals surface area contributed by atoms with Crippen molar-refractivity contribution < 1.29 is 5.11 Å². The summed E-state index contributed by atoms with van der Waals surface area (Å²) in [5.74, 6) is 1.37. The highest BCUT2D eigenvalue weighted by Gasteiger charge is 2.20. The van der Waals surface area contributed by atoms with Gasteiger partial charge in [0.05, 0.1) is 12.1 Å². The minimum Gasteiger partial charge on any atom is -0.396 e. The number of hydrogen-bond donors (Lipinski definition) is 1. The fourth-order valence-electron chi connectivity index (χ4n) is 3.87. The molecule has 4 heterocycles.